The van der Waals surface area contributed by atoms with Gasteiger partial charge in [-0.05, 0) is 48.4 Å². The Balaban J connectivity index is 1.40. The summed E-state index contributed by atoms with van der Waals surface area (Å²) in [5.41, 5.74) is 3.56. The van der Waals surface area contributed by atoms with E-state index < -0.39 is 0 Å². The molecule has 1 aliphatic carbocycles. The lowest BCUT2D eigenvalue weighted by Crippen LogP contribution is -2.42. The van der Waals surface area contributed by atoms with E-state index in [2.05, 4.69) is 40.3 Å². The number of para-hydroxylation sites is 2. The zero-order valence-corrected chi connectivity index (χ0v) is 22.0. The Kier molecular flexibility index (Phi) is 7.46. The number of allylic oxidation sites excluding steroid dienone is 1. The molecule has 8 heteroatoms. The van der Waals surface area contributed by atoms with E-state index >= 15 is 0 Å². The van der Waals surface area contributed by atoms with Crippen LogP contribution in [-0.4, -0.2) is 62.5 Å². The van der Waals surface area contributed by atoms with Gasteiger partial charge in [0.15, 0.2) is 5.78 Å². The van der Waals surface area contributed by atoms with Crippen molar-refractivity contribution in [3.05, 3.63) is 57.9 Å². The van der Waals surface area contributed by atoms with E-state index in [-0.39, 0.29) is 29.7 Å². The molecule has 5 rings (SSSR count). The average Bonchev–Trinajstić information content (AvgIpc) is 3.34. The zero-order chi connectivity index (χ0) is 25.1. The van der Waals surface area contributed by atoms with Gasteiger partial charge >= 0.3 is 0 Å². The van der Waals surface area contributed by atoms with Crippen molar-refractivity contribution in [3.8, 4) is 0 Å². The van der Waals surface area contributed by atoms with Gasteiger partial charge in [0.2, 0.25) is 5.91 Å². The Labute approximate surface area is 217 Å². The van der Waals surface area contributed by atoms with Gasteiger partial charge in [0.25, 0.3) is 0 Å². The first-order chi connectivity index (χ1) is 17.4. The fourth-order valence-electron chi connectivity index (χ4n) is 5.54. The first kappa shape index (κ1) is 25.0. The number of hydrogen-bond donors (Lipinski definition) is 2. The Hall–Kier alpha value is -2.68. The number of Topliss-reactive ketones (excluding diaryl/α,β-unsaturated/α-hetero) is 1. The van der Waals surface area contributed by atoms with Crippen LogP contribution < -0.4 is 15.5 Å². The monoisotopic (exact) mass is 508 g/mol. The molecule has 1 unspecified atom stereocenters. The van der Waals surface area contributed by atoms with E-state index in [0.717, 1.165) is 73.2 Å². The molecule has 2 aromatic rings. The van der Waals surface area contributed by atoms with Gasteiger partial charge in [-0.1, -0.05) is 32.0 Å². The molecular weight excluding hydrogens is 472 g/mol. The molecule has 1 aromatic heterocycles. The van der Waals surface area contributed by atoms with E-state index in [0.29, 0.717) is 13.0 Å². The smallest absolute Gasteiger partial charge is 0.239 e. The second-order valence-corrected chi connectivity index (χ2v) is 11.7. The fraction of sp³-hybridized carbons (Fsp3) is 0.500. The van der Waals surface area contributed by atoms with Crippen molar-refractivity contribution in [1.29, 1.82) is 0 Å². The van der Waals surface area contributed by atoms with Gasteiger partial charge in [0.1, 0.15) is 0 Å². The van der Waals surface area contributed by atoms with Crippen LogP contribution in [-0.2, 0) is 14.3 Å². The summed E-state index contributed by atoms with van der Waals surface area (Å²) in [6, 6.07) is 11.9. The number of nitrogens with one attached hydrogen (secondary N) is 2. The number of ether oxygens (including phenoxy) is 1. The van der Waals surface area contributed by atoms with Crippen LogP contribution in [0.15, 0.2) is 53.0 Å². The molecule has 36 heavy (non-hydrogen) atoms. The maximum atomic E-state index is 13.6. The number of ketones is 1. The van der Waals surface area contributed by atoms with Crippen molar-refractivity contribution in [3.63, 3.8) is 0 Å². The molecule has 2 aliphatic heterocycles. The highest BCUT2D eigenvalue weighted by molar-refractivity contribution is 7.10. The lowest BCUT2D eigenvalue weighted by Gasteiger charge is -2.37. The van der Waals surface area contributed by atoms with Crippen LogP contribution in [0.1, 0.15) is 44.0 Å². The van der Waals surface area contributed by atoms with Gasteiger partial charge in [0.05, 0.1) is 37.2 Å². The second kappa shape index (κ2) is 10.7. The summed E-state index contributed by atoms with van der Waals surface area (Å²) >= 11 is 1.64. The SMILES string of the molecule is CC1(C)CC(=O)C2=C(C1)Nc1ccccc1N(CC(=O)NCCCN1CCOCC1)C2c1cccs1. The van der Waals surface area contributed by atoms with E-state index in [1.54, 1.807) is 11.3 Å². The number of hydrogen-bond acceptors (Lipinski definition) is 7. The Morgan fingerprint density at radius 1 is 1.17 bits per heavy atom. The molecule has 0 spiro atoms. The number of morpholine rings is 1. The van der Waals surface area contributed by atoms with E-state index in [1.165, 1.54) is 0 Å². The Morgan fingerprint density at radius 2 is 1.97 bits per heavy atom. The number of carbonyl (C=O) groups excluding carboxylic acids is 2. The van der Waals surface area contributed by atoms with Crippen molar-refractivity contribution >= 4 is 34.4 Å². The molecule has 0 saturated carbocycles. The summed E-state index contributed by atoms with van der Waals surface area (Å²) in [5, 5.41) is 8.77. The maximum Gasteiger partial charge on any atom is 0.239 e. The normalized spacial score (nSPS) is 21.9. The third-order valence-electron chi connectivity index (χ3n) is 7.21. The van der Waals surface area contributed by atoms with Gasteiger partial charge in [0, 0.05) is 42.2 Å². The van der Waals surface area contributed by atoms with Crippen LogP contribution >= 0.6 is 11.3 Å². The molecule has 3 heterocycles. The number of nitrogens with zero attached hydrogens (tertiary/aromatic N) is 2. The summed E-state index contributed by atoms with van der Waals surface area (Å²) in [6.07, 6.45) is 2.21. The molecular formula is C28H36N4O3S. The molecule has 2 N–H and O–H groups in total. The predicted molar refractivity (Wildman–Crippen MR) is 144 cm³/mol. The average molecular weight is 509 g/mol. The number of fused-ring (bicyclic) bond motifs is 1. The lowest BCUT2D eigenvalue weighted by molar-refractivity contribution is -0.120. The number of rotatable bonds is 7. The van der Waals surface area contributed by atoms with Crippen molar-refractivity contribution in [2.75, 3.05) is 56.2 Å². The largest absolute Gasteiger partial charge is 0.379 e. The van der Waals surface area contributed by atoms with E-state index in [4.69, 9.17) is 4.74 Å². The number of amides is 1. The molecule has 7 nitrogen and oxygen atoms in total. The first-order valence-corrected chi connectivity index (χ1v) is 13.8. The minimum Gasteiger partial charge on any atom is -0.379 e. The Bertz CT molecular complexity index is 1120. The summed E-state index contributed by atoms with van der Waals surface area (Å²) < 4.78 is 5.42. The molecule has 192 valence electrons. The number of benzene rings is 1. The zero-order valence-electron chi connectivity index (χ0n) is 21.2. The molecule has 1 amide bonds. The van der Waals surface area contributed by atoms with E-state index in [1.807, 2.05) is 35.7 Å². The van der Waals surface area contributed by atoms with Crippen LogP contribution in [0.3, 0.4) is 0 Å². The minimum atomic E-state index is -0.293. The topological polar surface area (TPSA) is 73.9 Å². The summed E-state index contributed by atoms with van der Waals surface area (Å²) in [5.74, 6) is 0.136. The van der Waals surface area contributed by atoms with Gasteiger partial charge in [-0.25, -0.2) is 0 Å². The van der Waals surface area contributed by atoms with Crippen LogP contribution in [0.5, 0.6) is 0 Å². The van der Waals surface area contributed by atoms with Crippen LogP contribution in [0.2, 0.25) is 0 Å². The van der Waals surface area contributed by atoms with Crippen LogP contribution in [0, 0.1) is 5.41 Å². The number of anilines is 2. The van der Waals surface area contributed by atoms with Gasteiger partial charge in [-0.2, -0.15) is 0 Å². The lowest BCUT2D eigenvalue weighted by atomic mass is 9.74. The number of carbonyl (C=O) groups is 2. The molecule has 1 saturated heterocycles. The molecule has 0 radical (unpaired) electrons. The third-order valence-corrected chi connectivity index (χ3v) is 8.13. The van der Waals surface area contributed by atoms with Crippen molar-refractivity contribution < 1.29 is 14.3 Å². The molecule has 1 fully saturated rings. The molecule has 3 aliphatic rings. The van der Waals surface area contributed by atoms with Crippen molar-refractivity contribution in [1.82, 2.24) is 10.2 Å². The highest BCUT2D eigenvalue weighted by Crippen LogP contribution is 2.48. The fourth-order valence-corrected chi connectivity index (χ4v) is 6.38. The van der Waals surface area contributed by atoms with Gasteiger partial charge < -0.3 is 20.3 Å². The van der Waals surface area contributed by atoms with E-state index in [9.17, 15) is 9.59 Å². The molecule has 1 atom stereocenters. The minimum absolute atomic E-state index is 0.0269. The Morgan fingerprint density at radius 3 is 2.75 bits per heavy atom. The quantitative estimate of drug-likeness (QED) is 0.546. The summed E-state index contributed by atoms with van der Waals surface area (Å²) in [4.78, 5) is 32.4. The summed E-state index contributed by atoms with van der Waals surface area (Å²) in [6.45, 7) is 9.55. The van der Waals surface area contributed by atoms with Gasteiger partial charge in [-0.15, -0.1) is 11.3 Å². The predicted octanol–water partition coefficient (Wildman–Crippen LogP) is 4.20. The first-order valence-electron chi connectivity index (χ1n) is 12.9. The standard InChI is InChI=1S/C28H36N4O3S/c1-28(2)17-21-26(23(33)18-28)27(24-9-5-16-36-24)32(22-8-4-3-7-20(22)30-21)19-25(34)29-10-6-11-31-12-14-35-15-13-31/h3-5,7-9,16,27,30H,6,10-15,17-19H2,1-2H3,(H,29,34). The van der Waals surface area contributed by atoms with Gasteiger partial charge in [-0.3, -0.25) is 14.5 Å². The summed E-state index contributed by atoms with van der Waals surface area (Å²) in [7, 11) is 0. The molecule has 0 bridgehead atoms. The highest BCUT2D eigenvalue weighted by atomic mass is 32.1. The maximum absolute atomic E-state index is 13.6. The highest BCUT2D eigenvalue weighted by Gasteiger charge is 2.42. The van der Waals surface area contributed by atoms with Crippen LogP contribution in [0.4, 0.5) is 11.4 Å². The second-order valence-electron chi connectivity index (χ2n) is 10.7. The third kappa shape index (κ3) is 5.51. The van der Waals surface area contributed by atoms with Crippen molar-refractivity contribution in [2.45, 2.75) is 39.2 Å². The number of thiophene rings is 1. The van der Waals surface area contributed by atoms with Crippen LogP contribution in [0.25, 0.3) is 0 Å². The van der Waals surface area contributed by atoms with Crippen molar-refractivity contribution in [2.24, 2.45) is 5.41 Å². The molecule has 1 aromatic carbocycles.